The Hall–Kier alpha value is 0.270. The molecule has 1 rings (SSSR count). The van der Waals surface area contributed by atoms with Crippen LogP contribution in [0.4, 0.5) is 0 Å². The fraction of sp³-hybridized carbons (Fsp3) is 1.00. The van der Waals surface area contributed by atoms with Gasteiger partial charge in [-0.3, -0.25) is 0 Å². The molecule has 0 aromatic carbocycles. The third kappa shape index (κ3) is 3.44. The van der Waals surface area contributed by atoms with Gasteiger partial charge in [0, 0.05) is 18.1 Å². The molecule has 1 aliphatic heterocycles. The predicted molar refractivity (Wildman–Crippen MR) is 61.8 cm³/mol. The third-order valence-electron chi connectivity index (χ3n) is 3.05. The van der Waals surface area contributed by atoms with Gasteiger partial charge < -0.3 is 9.84 Å². The summed E-state index contributed by atoms with van der Waals surface area (Å²) in [5, 5.41) is 10.8. The van der Waals surface area contributed by atoms with Gasteiger partial charge in [0.2, 0.25) is 0 Å². The summed E-state index contributed by atoms with van der Waals surface area (Å²) < 4.78 is 5.35. The highest BCUT2D eigenvalue weighted by Crippen LogP contribution is 2.38. The number of aliphatic hydroxyl groups is 1. The van der Waals surface area contributed by atoms with Crippen molar-refractivity contribution in [3.8, 4) is 0 Å². The van der Waals surface area contributed by atoms with Crippen molar-refractivity contribution in [2.24, 2.45) is 0 Å². The maximum Gasteiger partial charge on any atom is 0.0749 e. The van der Waals surface area contributed by atoms with Gasteiger partial charge in [0.15, 0.2) is 0 Å². The zero-order valence-electron chi connectivity index (χ0n) is 9.67. The zero-order chi connectivity index (χ0) is 10.8. The second-order valence-electron chi connectivity index (χ2n) is 5.01. The molecule has 0 amide bonds. The van der Waals surface area contributed by atoms with E-state index in [1.807, 2.05) is 11.8 Å². The van der Waals surface area contributed by atoms with E-state index in [9.17, 15) is 5.11 Å². The Kier molecular flexibility index (Phi) is 3.89. The molecule has 2 nitrogen and oxygen atoms in total. The van der Waals surface area contributed by atoms with Gasteiger partial charge >= 0.3 is 0 Å². The molecule has 0 aliphatic carbocycles. The second kappa shape index (κ2) is 4.42. The third-order valence-corrected chi connectivity index (χ3v) is 4.49. The molecular formula is C11H22O2S. The first-order chi connectivity index (χ1) is 6.37. The molecule has 0 aromatic rings. The first-order valence-electron chi connectivity index (χ1n) is 5.26. The van der Waals surface area contributed by atoms with E-state index in [0.717, 1.165) is 25.0 Å². The van der Waals surface area contributed by atoms with Crippen LogP contribution >= 0.6 is 11.8 Å². The number of hydrogen-bond donors (Lipinski definition) is 1. The SMILES string of the molecule is COC(C)(C)CCC1(O)CSC(C)C1. The van der Waals surface area contributed by atoms with Crippen LogP contribution in [0.3, 0.4) is 0 Å². The van der Waals surface area contributed by atoms with Crippen LogP contribution in [0.25, 0.3) is 0 Å². The van der Waals surface area contributed by atoms with E-state index in [2.05, 4.69) is 20.8 Å². The van der Waals surface area contributed by atoms with Crippen LogP contribution in [0, 0.1) is 0 Å². The lowest BCUT2D eigenvalue weighted by Crippen LogP contribution is -2.33. The minimum Gasteiger partial charge on any atom is -0.389 e. The molecule has 0 bridgehead atoms. The average Bonchev–Trinajstić information content (AvgIpc) is 2.45. The summed E-state index contributed by atoms with van der Waals surface area (Å²) >= 11 is 1.87. The lowest BCUT2D eigenvalue weighted by Gasteiger charge is -2.28. The van der Waals surface area contributed by atoms with Gasteiger partial charge in [-0.05, 0) is 33.1 Å². The standard InChI is InChI=1S/C11H22O2S/c1-9-7-11(12,8-14-9)6-5-10(2,3)13-4/h9,12H,5-8H2,1-4H3. The van der Waals surface area contributed by atoms with Gasteiger partial charge in [-0.25, -0.2) is 0 Å². The van der Waals surface area contributed by atoms with E-state index in [1.165, 1.54) is 0 Å². The Labute approximate surface area is 91.4 Å². The summed E-state index contributed by atoms with van der Waals surface area (Å²) in [6.45, 7) is 6.33. The summed E-state index contributed by atoms with van der Waals surface area (Å²) in [5.41, 5.74) is -0.549. The highest BCUT2D eigenvalue weighted by molar-refractivity contribution is 8.00. The fourth-order valence-corrected chi connectivity index (χ4v) is 3.05. The van der Waals surface area contributed by atoms with Crippen molar-refractivity contribution >= 4 is 11.8 Å². The molecule has 1 heterocycles. The van der Waals surface area contributed by atoms with Crippen LogP contribution in [0.2, 0.25) is 0 Å². The summed E-state index contributed by atoms with van der Waals surface area (Å²) in [6, 6.07) is 0. The lowest BCUT2D eigenvalue weighted by molar-refractivity contribution is -0.0176. The molecule has 3 heteroatoms. The van der Waals surface area contributed by atoms with Gasteiger partial charge in [0.05, 0.1) is 11.2 Å². The second-order valence-corrected chi connectivity index (χ2v) is 6.44. The number of methoxy groups -OCH3 is 1. The molecule has 2 atom stereocenters. The molecule has 0 spiro atoms. The van der Waals surface area contributed by atoms with Gasteiger partial charge in [-0.15, -0.1) is 0 Å². The van der Waals surface area contributed by atoms with Crippen LogP contribution in [-0.4, -0.2) is 34.4 Å². The topological polar surface area (TPSA) is 29.5 Å². The van der Waals surface area contributed by atoms with Crippen LogP contribution in [0.1, 0.15) is 40.0 Å². The van der Waals surface area contributed by atoms with E-state index in [0.29, 0.717) is 5.25 Å². The molecule has 1 N–H and O–H groups in total. The summed E-state index contributed by atoms with van der Waals surface area (Å²) in [6.07, 6.45) is 2.70. The zero-order valence-corrected chi connectivity index (χ0v) is 10.5. The van der Waals surface area contributed by atoms with Crippen LogP contribution < -0.4 is 0 Å². The molecule has 1 saturated heterocycles. The highest BCUT2D eigenvalue weighted by Gasteiger charge is 2.36. The van der Waals surface area contributed by atoms with Crippen LogP contribution in [0.15, 0.2) is 0 Å². The van der Waals surface area contributed by atoms with Crippen molar-refractivity contribution in [2.75, 3.05) is 12.9 Å². The molecule has 14 heavy (non-hydrogen) atoms. The van der Waals surface area contributed by atoms with E-state index in [1.54, 1.807) is 7.11 Å². The average molecular weight is 218 g/mol. The van der Waals surface area contributed by atoms with Gasteiger partial charge in [0.25, 0.3) is 0 Å². The molecular weight excluding hydrogens is 196 g/mol. The molecule has 0 saturated carbocycles. The molecule has 1 fully saturated rings. The Morgan fingerprint density at radius 2 is 2.21 bits per heavy atom. The lowest BCUT2D eigenvalue weighted by atomic mass is 9.89. The van der Waals surface area contributed by atoms with Crippen molar-refractivity contribution in [2.45, 2.75) is 56.5 Å². The number of thioether (sulfide) groups is 1. The van der Waals surface area contributed by atoms with Crippen molar-refractivity contribution in [3.05, 3.63) is 0 Å². The summed E-state index contributed by atoms with van der Waals surface area (Å²) in [5.74, 6) is 0.883. The number of hydrogen-bond acceptors (Lipinski definition) is 3. The van der Waals surface area contributed by atoms with Crippen molar-refractivity contribution in [1.82, 2.24) is 0 Å². The van der Waals surface area contributed by atoms with Gasteiger partial charge in [-0.2, -0.15) is 11.8 Å². The van der Waals surface area contributed by atoms with E-state index < -0.39 is 5.60 Å². The van der Waals surface area contributed by atoms with E-state index in [-0.39, 0.29) is 5.60 Å². The molecule has 1 aliphatic rings. The van der Waals surface area contributed by atoms with E-state index in [4.69, 9.17) is 4.74 Å². The minimum absolute atomic E-state index is 0.105. The molecule has 2 unspecified atom stereocenters. The van der Waals surface area contributed by atoms with Crippen LogP contribution in [0.5, 0.6) is 0 Å². The molecule has 84 valence electrons. The Morgan fingerprint density at radius 3 is 2.64 bits per heavy atom. The van der Waals surface area contributed by atoms with Crippen LogP contribution in [-0.2, 0) is 4.74 Å². The van der Waals surface area contributed by atoms with E-state index >= 15 is 0 Å². The fourth-order valence-electron chi connectivity index (χ4n) is 1.76. The molecule has 0 radical (unpaired) electrons. The Bertz CT molecular complexity index is 194. The molecule has 0 aromatic heterocycles. The summed E-state index contributed by atoms with van der Waals surface area (Å²) in [4.78, 5) is 0. The number of rotatable bonds is 4. The Balaban J connectivity index is 2.37. The monoisotopic (exact) mass is 218 g/mol. The quantitative estimate of drug-likeness (QED) is 0.786. The maximum atomic E-state index is 10.2. The number of ether oxygens (including phenoxy) is 1. The van der Waals surface area contributed by atoms with Gasteiger partial charge in [0.1, 0.15) is 0 Å². The predicted octanol–water partition coefficient (Wildman–Crippen LogP) is 2.45. The Morgan fingerprint density at radius 1 is 1.57 bits per heavy atom. The first kappa shape index (κ1) is 12.3. The minimum atomic E-state index is -0.445. The van der Waals surface area contributed by atoms with Crippen molar-refractivity contribution < 1.29 is 9.84 Å². The maximum absolute atomic E-state index is 10.2. The van der Waals surface area contributed by atoms with Crippen molar-refractivity contribution in [3.63, 3.8) is 0 Å². The largest absolute Gasteiger partial charge is 0.389 e. The van der Waals surface area contributed by atoms with Crippen molar-refractivity contribution in [1.29, 1.82) is 0 Å². The highest BCUT2D eigenvalue weighted by atomic mass is 32.2. The summed E-state index contributed by atoms with van der Waals surface area (Å²) in [7, 11) is 1.73. The first-order valence-corrected chi connectivity index (χ1v) is 6.31. The van der Waals surface area contributed by atoms with Gasteiger partial charge in [-0.1, -0.05) is 6.92 Å². The normalized spacial score (nSPS) is 33.6. The smallest absolute Gasteiger partial charge is 0.0749 e.